The van der Waals surface area contributed by atoms with Crippen molar-refractivity contribution < 1.29 is 5.11 Å². The summed E-state index contributed by atoms with van der Waals surface area (Å²) < 4.78 is 1.26. The van der Waals surface area contributed by atoms with Crippen LogP contribution in [0, 0.1) is 11.8 Å². The topological polar surface area (TPSA) is 48.4 Å². The fourth-order valence-corrected chi connectivity index (χ4v) is 5.13. The number of piperidine rings is 1. The highest BCUT2D eigenvalue weighted by Crippen LogP contribution is 2.30. The average Bonchev–Trinajstić information content (AvgIpc) is 3.31. The summed E-state index contributed by atoms with van der Waals surface area (Å²) in [5.74, 6) is 5.93. The molecule has 1 aromatic carbocycles. The number of benzene rings is 1. The van der Waals surface area contributed by atoms with Crippen LogP contribution in [-0.4, -0.2) is 34.8 Å². The van der Waals surface area contributed by atoms with Crippen LogP contribution >= 0.6 is 22.7 Å². The maximum atomic E-state index is 9.73. The van der Waals surface area contributed by atoms with E-state index < -0.39 is 5.60 Å². The molecule has 146 valence electrons. The first-order valence-corrected chi connectivity index (χ1v) is 11.3. The van der Waals surface area contributed by atoms with Gasteiger partial charge in [-0.05, 0) is 51.0 Å². The molecule has 0 saturated carbocycles. The number of aliphatic hydroxyl groups is 1. The smallest absolute Gasteiger partial charge is 0.186 e. The number of rotatable bonds is 4. The summed E-state index contributed by atoms with van der Waals surface area (Å²) in [4.78, 5) is 9.51. The summed E-state index contributed by atoms with van der Waals surface area (Å²) in [5, 5.41) is 14.6. The van der Waals surface area contributed by atoms with Crippen LogP contribution in [0.15, 0.2) is 36.4 Å². The number of hydrogen-bond acceptors (Lipinski definition) is 6. The minimum Gasteiger partial charge on any atom is -0.378 e. The molecule has 1 aliphatic rings. The van der Waals surface area contributed by atoms with E-state index in [1.807, 2.05) is 12.1 Å². The maximum Gasteiger partial charge on any atom is 0.186 e. The third-order valence-electron chi connectivity index (χ3n) is 4.69. The fraction of sp³-hybridized carbons (Fsp3) is 0.409. The van der Waals surface area contributed by atoms with Gasteiger partial charge in [0.25, 0.3) is 0 Å². The Morgan fingerprint density at radius 1 is 1.25 bits per heavy atom. The zero-order valence-electron chi connectivity index (χ0n) is 16.2. The molecular weight excluding hydrogens is 386 g/mol. The van der Waals surface area contributed by atoms with Crippen LogP contribution in [0.25, 0.3) is 10.2 Å². The molecule has 3 aromatic rings. The Bertz CT molecular complexity index is 973. The Hall–Kier alpha value is -1.91. The third kappa shape index (κ3) is 4.92. The monoisotopic (exact) mass is 411 g/mol. The second-order valence-electron chi connectivity index (χ2n) is 7.71. The van der Waals surface area contributed by atoms with Crippen molar-refractivity contribution >= 4 is 38.0 Å². The van der Waals surface area contributed by atoms with Crippen molar-refractivity contribution in [1.29, 1.82) is 0 Å². The molecule has 0 aliphatic carbocycles. The van der Waals surface area contributed by atoms with E-state index >= 15 is 0 Å². The van der Waals surface area contributed by atoms with E-state index in [1.165, 1.54) is 22.4 Å². The number of nitrogens with zero attached hydrogens (tertiary/aromatic N) is 2. The van der Waals surface area contributed by atoms with Crippen LogP contribution in [-0.2, 0) is 6.54 Å². The highest BCUT2D eigenvalue weighted by Gasteiger charge is 2.22. The minimum absolute atomic E-state index is 0.466. The molecule has 0 radical (unpaired) electrons. The molecule has 1 saturated heterocycles. The van der Waals surface area contributed by atoms with Crippen LogP contribution < -0.4 is 10.2 Å². The SMILES string of the molecule is CC(C)(O)C#Cc1ccc(CN[C@@H]2CCCN(c3nc4ccccc4s3)C2)s1. The number of thiazole rings is 1. The van der Waals surface area contributed by atoms with E-state index in [0.717, 1.165) is 35.2 Å². The number of aromatic nitrogens is 1. The van der Waals surface area contributed by atoms with Crippen LogP contribution in [0.4, 0.5) is 5.13 Å². The lowest BCUT2D eigenvalue weighted by atomic mass is 10.1. The average molecular weight is 412 g/mol. The number of fused-ring (bicyclic) bond motifs is 1. The van der Waals surface area contributed by atoms with Gasteiger partial charge in [-0.3, -0.25) is 0 Å². The summed E-state index contributed by atoms with van der Waals surface area (Å²) in [6.45, 7) is 6.34. The summed E-state index contributed by atoms with van der Waals surface area (Å²) in [5.41, 5.74) is 0.144. The second kappa shape index (κ2) is 8.22. The fourth-order valence-electron chi connectivity index (χ4n) is 3.31. The normalized spacial score (nSPS) is 17.5. The largest absolute Gasteiger partial charge is 0.378 e. The van der Waals surface area contributed by atoms with E-state index in [2.05, 4.69) is 46.3 Å². The second-order valence-corrected chi connectivity index (χ2v) is 9.88. The first-order chi connectivity index (χ1) is 13.5. The van der Waals surface area contributed by atoms with Crippen LogP contribution in [0.3, 0.4) is 0 Å². The molecule has 2 N–H and O–H groups in total. The molecule has 4 rings (SSSR count). The molecular formula is C22H25N3OS2. The van der Waals surface area contributed by atoms with Crippen molar-refractivity contribution in [2.75, 3.05) is 18.0 Å². The van der Waals surface area contributed by atoms with Crippen molar-refractivity contribution in [3.05, 3.63) is 46.2 Å². The number of anilines is 1. The van der Waals surface area contributed by atoms with Crippen LogP contribution in [0.1, 0.15) is 36.4 Å². The lowest BCUT2D eigenvalue weighted by Gasteiger charge is -2.33. The van der Waals surface area contributed by atoms with Crippen LogP contribution in [0.2, 0.25) is 0 Å². The Labute approximate surface area is 174 Å². The van der Waals surface area contributed by atoms with Gasteiger partial charge in [0.1, 0.15) is 5.60 Å². The molecule has 1 aliphatic heterocycles. The zero-order chi connectivity index (χ0) is 19.6. The predicted molar refractivity (Wildman–Crippen MR) is 119 cm³/mol. The molecule has 0 bridgehead atoms. The lowest BCUT2D eigenvalue weighted by molar-refractivity contribution is 0.143. The molecule has 6 heteroatoms. The molecule has 0 unspecified atom stereocenters. The zero-order valence-corrected chi connectivity index (χ0v) is 17.9. The molecule has 28 heavy (non-hydrogen) atoms. The van der Waals surface area contributed by atoms with Gasteiger partial charge >= 0.3 is 0 Å². The summed E-state index contributed by atoms with van der Waals surface area (Å²) >= 11 is 3.48. The number of nitrogens with one attached hydrogen (secondary N) is 1. The summed E-state index contributed by atoms with van der Waals surface area (Å²) in [6.07, 6.45) is 2.37. The molecule has 2 aromatic heterocycles. The minimum atomic E-state index is -0.950. The van der Waals surface area contributed by atoms with Crippen molar-refractivity contribution in [2.45, 2.75) is 44.9 Å². The molecule has 0 spiro atoms. The number of thiophene rings is 1. The molecule has 3 heterocycles. The first-order valence-electron chi connectivity index (χ1n) is 9.64. The molecule has 1 atom stereocenters. The lowest BCUT2D eigenvalue weighted by Crippen LogP contribution is -2.45. The third-order valence-corrected chi connectivity index (χ3v) is 6.79. The van der Waals surface area contributed by atoms with Crippen molar-refractivity contribution in [1.82, 2.24) is 10.3 Å². The van der Waals surface area contributed by atoms with E-state index in [1.54, 1.807) is 36.5 Å². The highest BCUT2D eigenvalue weighted by molar-refractivity contribution is 7.22. The van der Waals surface area contributed by atoms with E-state index in [4.69, 9.17) is 4.98 Å². The van der Waals surface area contributed by atoms with Gasteiger partial charge in [-0.1, -0.05) is 35.3 Å². The van der Waals surface area contributed by atoms with Gasteiger partial charge in [0.05, 0.1) is 15.1 Å². The Morgan fingerprint density at radius 2 is 2.11 bits per heavy atom. The summed E-state index contributed by atoms with van der Waals surface area (Å²) in [6, 6.07) is 13.0. The quantitative estimate of drug-likeness (QED) is 0.631. The Kier molecular flexibility index (Phi) is 5.70. The molecule has 4 nitrogen and oxygen atoms in total. The van der Waals surface area contributed by atoms with Gasteiger partial charge in [-0.25, -0.2) is 4.98 Å². The van der Waals surface area contributed by atoms with Crippen molar-refractivity contribution in [3.63, 3.8) is 0 Å². The van der Waals surface area contributed by atoms with Gasteiger partial charge in [-0.15, -0.1) is 11.3 Å². The highest BCUT2D eigenvalue weighted by atomic mass is 32.1. The van der Waals surface area contributed by atoms with Gasteiger partial charge < -0.3 is 15.3 Å². The first kappa shape index (κ1) is 19.4. The van der Waals surface area contributed by atoms with Gasteiger partial charge in [0.15, 0.2) is 5.13 Å². The van der Waals surface area contributed by atoms with Crippen LogP contribution in [0.5, 0.6) is 0 Å². The Morgan fingerprint density at radius 3 is 2.93 bits per heavy atom. The standard InChI is InChI=1S/C22H25N3OS2/c1-22(2,26)12-11-17-9-10-18(27-17)14-23-16-6-5-13-25(15-16)21-24-19-7-3-4-8-20(19)28-21/h3-4,7-10,16,23,26H,5-6,13-15H2,1-2H3/t16-/m1/s1. The number of hydrogen-bond donors (Lipinski definition) is 2. The number of para-hydroxylation sites is 1. The van der Waals surface area contributed by atoms with Gasteiger partial charge in [0, 0.05) is 30.6 Å². The predicted octanol–water partition coefficient (Wildman–Crippen LogP) is 4.24. The van der Waals surface area contributed by atoms with Gasteiger partial charge in [-0.2, -0.15) is 0 Å². The molecule has 1 fully saturated rings. The van der Waals surface area contributed by atoms with Gasteiger partial charge in [0.2, 0.25) is 0 Å². The van der Waals surface area contributed by atoms with Crippen molar-refractivity contribution in [3.8, 4) is 11.8 Å². The maximum absolute atomic E-state index is 9.73. The summed E-state index contributed by atoms with van der Waals surface area (Å²) in [7, 11) is 0. The van der Waals surface area contributed by atoms with E-state index in [0.29, 0.717) is 6.04 Å². The van der Waals surface area contributed by atoms with E-state index in [-0.39, 0.29) is 0 Å². The van der Waals surface area contributed by atoms with E-state index in [9.17, 15) is 5.11 Å². The van der Waals surface area contributed by atoms with Crippen molar-refractivity contribution in [2.24, 2.45) is 0 Å². The Balaban J connectivity index is 1.35. The molecule has 0 amide bonds.